The number of aromatic hydroxyl groups is 1. The van der Waals surface area contributed by atoms with Gasteiger partial charge in [0.15, 0.2) is 0 Å². The minimum Gasteiger partial charge on any atom is -0.508 e. The number of aliphatic hydroxyl groups excluding tert-OH is 1. The summed E-state index contributed by atoms with van der Waals surface area (Å²) >= 11 is 6.16. The highest BCUT2D eigenvalue weighted by molar-refractivity contribution is 6.46. The number of ketones is 1. The van der Waals surface area contributed by atoms with Crippen molar-refractivity contribution in [3.05, 3.63) is 94.0 Å². The fourth-order valence-electron chi connectivity index (χ4n) is 4.21. The molecule has 0 radical (unpaired) electrons. The van der Waals surface area contributed by atoms with Gasteiger partial charge in [-0.1, -0.05) is 49.7 Å². The number of phenols is 1. The monoisotopic (exact) mass is 521 g/mol. The Morgan fingerprint density at radius 3 is 2.32 bits per heavy atom. The number of carbonyl (C=O) groups is 2. The molecule has 0 saturated carbocycles. The third-order valence-corrected chi connectivity index (χ3v) is 6.26. The van der Waals surface area contributed by atoms with E-state index in [4.69, 9.17) is 21.1 Å². The van der Waals surface area contributed by atoms with Crippen LogP contribution in [-0.2, 0) is 16.1 Å². The smallest absolute Gasteiger partial charge is 0.295 e. The van der Waals surface area contributed by atoms with Crippen LogP contribution in [0.4, 0.5) is 0 Å². The first kappa shape index (κ1) is 26.1. The number of benzene rings is 3. The molecule has 0 aromatic heterocycles. The summed E-state index contributed by atoms with van der Waals surface area (Å²) in [6.07, 6.45) is 0. The van der Waals surface area contributed by atoms with Gasteiger partial charge in [0.05, 0.1) is 30.9 Å². The van der Waals surface area contributed by atoms with E-state index >= 15 is 0 Å². The van der Waals surface area contributed by atoms with Gasteiger partial charge in [-0.2, -0.15) is 0 Å². The average Bonchev–Trinajstić information content (AvgIpc) is 3.13. The van der Waals surface area contributed by atoms with E-state index in [1.165, 1.54) is 30.2 Å². The lowest BCUT2D eigenvalue weighted by Crippen LogP contribution is -2.29. The van der Waals surface area contributed by atoms with Crippen LogP contribution in [0, 0.1) is 5.92 Å². The van der Waals surface area contributed by atoms with Crippen LogP contribution in [0.15, 0.2) is 72.3 Å². The molecule has 1 amide bonds. The number of phenolic OH excluding ortho intramolecular Hbond substituents is 1. The lowest BCUT2D eigenvalue weighted by atomic mass is 9.94. The van der Waals surface area contributed by atoms with Crippen molar-refractivity contribution in [2.45, 2.75) is 26.4 Å². The summed E-state index contributed by atoms with van der Waals surface area (Å²) in [5.41, 5.74) is 1.44. The SMILES string of the molecule is COc1ccc(Cl)cc1/C(O)=C1\C(=O)C(=O)N(Cc2ccc(OCC(C)C)cc2)C1c1ccc(O)cc1. The van der Waals surface area contributed by atoms with Crippen LogP contribution in [0.25, 0.3) is 5.76 Å². The number of halogens is 1. The van der Waals surface area contributed by atoms with Crippen molar-refractivity contribution in [3.8, 4) is 17.2 Å². The van der Waals surface area contributed by atoms with Crippen molar-refractivity contribution in [1.29, 1.82) is 0 Å². The molecule has 0 bridgehead atoms. The Kier molecular flexibility index (Phi) is 7.74. The number of amides is 1. The Morgan fingerprint density at radius 2 is 1.70 bits per heavy atom. The molecule has 8 heteroatoms. The van der Waals surface area contributed by atoms with Crippen LogP contribution >= 0.6 is 11.6 Å². The molecule has 7 nitrogen and oxygen atoms in total. The minimum absolute atomic E-state index is 0.0363. The maximum Gasteiger partial charge on any atom is 0.295 e. The zero-order valence-electron chi connectivity index (χ0n) is 20.8. The summed E-state index contributed by atoms with van der Waals surface area (Å²) in [4.78, 5) is 28.0. The topological polar surface area (TPSA) is 96.3 Å². The molecule has 1 saturated heterocycles. The minimum atomic E-state index is -0.902. The van der Waals surface area contributed by atoms with Gasteiger partial charge in [-0.3, -0.25) is 9.59 Å². The van der Waals surface area contributed by atoms with Gasteiger partial charge in [0.25, 0.3) is 11.7 Å². The van der Waals surface area contributed by atoms with E-state index in [9.17, 15) is 19.8 Å². The molecule has 192 valence electrons. The second kappa shape index (κ2) is 11.0. The zero-order chi connectivity index (χ0) is 26.7. The van der Waals surface area contributed by atoms with Crippen LogP contribution in [0.5, 0.6) is 17.2 Å². The highest BCUT2D eigenvalue weighted by Gasteiger charge is 2.46. The first-order valence-electron chi connectivity index (χ1n) is 11.8. The predicted octanol–water partition coefficient (Wildman–Crippen LogP) is 5.71. The highest BCUT2D eigenvalue weighted by atomic mass is 35.5. The van der Waals surface area contributed by atoms with Gasteiger partial charge >= 0.3 is 0 Å². The van der Waals surface area contributed by atoms with Gasteiger partial charge in [-0.15, -0.1) is 0 Å². The van der Waals surface area contributed by atoms with Crippen molar-refractivity contribution in [1.82, 2.24) is 4.90 Å². The molecule has 1 atom stereocenters. The maximum absolute atomic E-state index is 13.3. The molecule has 1 unspecified atom stereocenters. The van der Waals surface area contributed by atoms with Gasteiger partial charge in [0.1, 0.15) is 23.0 Å². The largest absolute Gasteiger partial charge is 0.508 e. The third-order valence-electron chi connectivity index (χ3n) is 6.03. The van der Waals surface area contributed by atoms with E-state index in [0.29, 0.717) is 34.6 Å². The number of likely N-dealkylation sites (tertiary alicyclic amines) is 1. The summed E-state index contributed by atoms with van der Waals surface area (Å²) < 4.78 is 11.1. The molecule has 3 aromatic rings. The van der Waals surface area contributed by atoms with Crippen LogP contribution in [0.2, 0.25) is 5.02 Å². The second-order valence-corrected chi connectivity index (χ2v) is 9.65. The first-order chi connectivity index (χ1) is 17.7. The quantitative estimate of drug-likeness (QED) is 0.224. The molecule has 1 aliphatic rings. The molecule has 2 N–H and O–H groups in total. The van der Waals surface area contributed by atoms with Gasteiger partial charge in [-0.25, -0.2) is 0 Å². The number of ether oxygens (including phenoxy) is 2. The van der Waals surface area contributed by atoms with E-state index in [0.717, 1.165) is 5.56 Å². The molecule has 1 heterocycles. The number of methoxy groups -OCH3 is 1. The fourth-order valence-corrected chi connectivity index (χ4v) is 4.38. The summed E-state index contributed by atoms with van der Waals surface area (Å²) in [7, 11) is 1.44. The van der Waals surface area contributed by atoms with Gasteiger partial charge in [0.2, 0.25) is 0 Å². The Morgan fingerprint density at radius 1 is 1.03 bits per heavy atom. The third kappa shape index (κ3) is 5.57. The van der Waals surface area contributed by atoms with Crippen molar-refractivity contribution >= 4 is 29.1 Å². The lowest BCUT2D eigenvalue weighted by Gasteiger charge is -2.25. The number of rotatable bonds is 8. The van der Waals surface area contributed by atoms with E-state index in [1.54, 1.807) is 24.3 Å². The zero-order valence-corrected chi connectivity index (χ0v) is 21.5. The van der Waals surface area contributed by atoms with Gasteiger partial charge < -0.3 is 24.6 Å². The molecule has 0 aliphatic carbocycles. The van der Waals surface area contributed by atoms with Crippen LogP contribution in [-0.4, -0.2) is 40.5 Å². The Hall–Kier alpha value is -3.97. The fraction of sp³-hybridized carbons (Fsp3) is 0.241. The number of hydrogen-bond acceptors (Lipinski definition) is 6. The molecular weight excluding hydrogens is 494 g/mol. The number of Topliss-reactive ketones (excluding diaryl/α,β-unsaturated/α-hetero) is 1. The summed E-state index contributed by atoms with van der Waals surface area (Å²) in [6.45, 7) is 4.83. The number of carbonyl (C=O) groups excluding carboxylic acids is 2. The number of hydrogen-bond donors (Lipinski definition) is 2. The van der Waals surface area contributed by atoms with Gasteiger partial charge in [-0.05, 0) is 59.5 Å². The Bertz CT molecular complexity index is 1330. The van der Waals surface area contributed by atoms with Crippen molar-refractivity contribution in [2.75, 3.05) is 13.7 Å². The Labute approximate surface area is 220 Å². The van der Waals surface area contributed by atoms with E-state index < -0.39 is 23.5 Å². The van der Waals surface area contributed by atoms with Crippen molar-refractivity contribution in [2.24, 2.45) is 5.92 Å². The van der Waals surface area contributed by atoms with Crippen LogP contribution in [0.1, 0.15) is 36.6 Å². The molecule has 3 aromatic carbocycles. The van der Waals surface area contributed by atoms with Crippen molar-refractivity contribution < 1.29 is 29.3 Å². The first-order valence-corrected chi connectivity index (χ1v) is 12.2. The van der Waals surface area contributed by atoms with Gasteiger partial charge in [0, 0.05) is 11.6 Å². The highest BCUT2D eigenvalue weighted by Crippen LogP contribution is 2.42. The van der Waals surface area contributed by atoms with E-state index in [1.807, 2.05) is 24.3 Å². The maximum atomic E-state index is 13.3. The second-order valence-electron chi connectivity index (χ2n) is 9.21. The molecule has 1 aliphatic heterocycles. The summed E-state index contributed by atoms with van der Waals surface area (Å²) in [5, 5.41) is 21.5. The van der Waals surface area contributed by atoms with Crippen molar-refractivity contribution in [3.63, 3.8) is 0 Å². The number of nitrogens with zero attached hydrogens (tertiary/aromatic N) is 1. The predicted molar refractivity (Wildman–Crippen MR) is 141 cm³/mol. The van der Waals surface area contributed by atoms with E-state index in [-0.39, 0.29) is 23.4 Å². The van der Waals surface area contributed by atoms with E-state index in [2.05, 4.69) is 13.8 Å². The molecule has 1 fully saturated rings. The number of aliphatic hydroxyl groups is 1. The standard InChI is InChI=1S/C29H28ClNO6/c1-17(2)16-37-22-11-4-18(5-12-22)15-31-26(19-6-9-21(32)10-7-19)25(28(34)29(31)35)27(33)23-14-20(30)8-13-24(23)36-3/h4-14,17,26,32-33H,15-16H2,1-3H3/b27-25+. The summed E-state index contributed by atoms with van der Waals surface area (Å²) in [5.74, 6) is -0.535. The normalized spacial score (nSPS) is 16.9. The molecule has 37 heavy (non-hydrogen) atoms. The average molecular weight is 522 g/mol. The molecular formula is C29H28ClNO6. The van der Waals surface area contributed by atoms with Crippen LogP contribution < -0.4 is 9.47 Å². The summed E-state index contributed by atoms with van der Waals surface area (Å²) in [6, 6.07) is 17.2. The van der Waals surface area contributed by atoms with Crippen LogP contribution in [0.3, 0.4) is 0 Å². The molecule has 4 rings (SSSR count). The molecule has 0 spiro atoms. The Balaban J connectivity index is 1.77. The lowest BCUT2D eigenvalue weighted by molar-refractivity contribution is -0.140.